The van der Waals surface area contributed by atoms with Crippen molar-refractivity contribution in [1.82, 2.24) is 5.06 Å². The molecule has 0 aliphatic carbocycles. The monoisotopic (exact) mass is 303 g/mol. The number of carbonyl (C=O) groups excluding carboxylic acids is 2. The highest BCUT2D eigenvalue weighted by Gasteiger charge is 2.44. The molecule has 1 aliphatic rings. The van der Waals surface area contributed by atoms with Crippen molar-refractivity contribution in [3.8, 4) is 0 Å². The third kappa shape index (κ3) is 3.55. The van der Waals surface area contributed by atoms with E-state index in [1.807, 2.05) is 11.1 Å². The van der Waals surface area contributed by atoms with Crippen LogP contribution in [-0.4, -0.2) is 28.4 Å². The summed E-state index contributed by atoms with van der Waals surface area (Å²) in [6.45, 7) is 8.39. The normalized spacial score (nSPS) is 20.4. The van der Waals surface area contributed by atoms with Crippen molar-refractivity contribution >= 4 is 12.3 Å². The number of aldehydes is 1. The summed E-state index contributed by atoms with van der Waals surface area (Å²) in [4.78, 5) is 29.1. The van der Waals surface area contributed by atoms with Gasteiger partial charge in [-0.2, -0.15) is 0 Å². The maximum absolute atomic E-state index is 12.3. The van der Waals surface area contributed by atoms with Gasteiger partial charge >= 0.3 is 5.97 Å². The molecule has 1 aromatic rings. The Balaban J connectivity index is 2.12. The highest BCUT2D eigenvalue weighted by atomic mass is 16.7. The Hall–Kier alpha value is -1.68. The predicted molar refractivity (Wildman–Crippen MR) is 85.5 cm³/mol. The van der Waals surface area contributed by atoms with Crippen LogP contribution in [0.3, 0.4) is 0 Å². The maximum atomic E-state index is 12.3. The molecule has 0 bridgehead atoms. The first-order valence-electron chi connectivity index (χ1n) is 7.80. The second-order valence-electron chi connectivity index (χ2n) is 7.23. The molecule has 0 aromatic heterocycles. The zero-order valence-corrected chi connectivity index (χ0v) is 13.9. The van der Waals surface area contributed by atoms with E-state index >= 15 is 0 Å². The molecule has 1 saturated heterocycles. The molecule has 4 nitrogen and oxygen atoms in total. The van der Waals surface area contributed by atoms with Crippen molar-refractivity contribution in [2.45, 2.75) is 64.5 Å². The van der Waals surface area contributed by atoms with Crippen LogP contribution in [0.1, 0.15) is 62.9 Å². The van der Waals surface area contributed by atoms with Crippen LogP contribution in [0.25, 0.3) is 0 Å². The average molecular weight is 303 g/mol. The predicted octanol–water partition coefficient (Wildman–Crippen LogP) is 3.54. The number of rotatable bonds is 4. The molecular weight excluding hydrogens is 278 g/mol. The lowest BCUT2D eigenvalue weighted by atomic mass is 9.82. The van der Waals surface area contributed by atoms with Crippen molar-refractivity contribution in [2.75, 3.05) is 0 Å². The van der Waals surface area contributed by atoms with Crippen molar-refractivity contribution in [2.24, 2.45) is 0 Å². The summed E-state index contributed by atoms with van der Waals surface area (Å²) in [5, 5.41) is 1.84. The molecule has 0 N–H and O–H groups in total. The SMILES string of the molecule is CC1(C)CCCC(C)(C)N1OC(=O)Cc1ccccc1C=O. The first-order chi connectivity index (χ1) is 10.3. The largest absolute Gasteiger partial charge is 0.367 e. The molecule has 1 aliphatic heterocycles. The van der Waals surface area contributed by atoms with Gasteiger partial charge < -0.3 is 4.84 Å². The molecule has 0 amide bonds. The number of hydrogen-bond acceptors (Lipinski definition) is 4. The van der Waals surface area contributed by atoms with Crippen molar-refractivity contribution in [3.05, 3.63) is 35.4 Å². The van der Waals surface area contributed by atoms with E-state index in [1.54, 1.807) is 18.2 Å². The third-order valence-electron chi connectivity index (χ3n) is 4.39. The Bertz CT molecular complexity index is 547. The van der Waals surface area contributed by atoms with Crippen LogP contribution in [0.4, 0.5) is 0 Å². The quantitative estimate of drug-likeness (QED) is 0.798. The number of nitrogens with zero attached hydrogens (tertiary/aromatic N) is 1. The summed E-state index contributed by atoms with van der Waals surface area (Å²) in [7, 11) is 0. The second-order valence-corrected chi connectivity index (χ2v) is 7.23. The topological polar surface area (TPSA) is 46.6 Å². The fourth-order valence-electron chi connectivity index (χ4n) is 3.32. The van der Waals surface area contributed by atoms with Gasteiger partial charge in [-0.15, -0.1) is 5.06 Å². The highest BCUT2D eigenvalue weighted by Crippen LogP contribution is 2.38. The Kier molecular flexibility index (Phi) is 4.71. The standard InChI is InChI=1S/C18H25NO3/c1-17(2)10-7-11-18(3,4)19(17)22-16(21)12-14-8-5-6-9-15(14)13-20/h5-6,8-9,13H,7,10-12H2,1-4H3. The first kappa shape index (κ1) is 16.7. The van der Waals surface area contributed by atoms with Gasteiger partial charge in [-0.25, -0.2) is 4.79 Å². The lowest BCUT2D eigenvalue weighted by molar-refractivity contribution is -0.265. The summed E-state index contributed by atoms with van der Waals surface area (Å²) in [5.41, 5.74) is 0.884. The van der Waals surface area contributed by atoms with E-state index in [9.17, 15) is 9.59 Å². The van der Waals surface area contributed by atoms with Crippen LogP contribution in [0, 0.1) is 0 Å². The molecule has 22 heavy (non-hydrogen) atoms. The van der Waals surface area contributed by atoms with Gasteiger partial charge in [0.2, 0.25) is 0 Å². The Morgan fingerprint density at radius 1 is 1.18 bits per heavy atom. The van der Waals surface area contributed by atoms with Gasteiger partial charge in [0.25, 0.3) is 0 Å². The number of hydrogen-bond donors (Lipinski definition) is 0. The fraction of sp³-hybridized carbons (Fsp3) is 0.556. The van der Waals surface area contributed by atoms with Gasteiger partial charge in [-0.3, -0.25) is 4.79 Å². The molecule has 1 aromatic carbocycles. The van der Waals surface area contributed by atoms with Crippen LogP contribution in [-0.2, 0) is 16.1 Å². The van der Waals surface area contributed by atoms with Crippen molar-refractivity contribution in [3.63, 3.8) is 0 Å². The lowest BCUT2D eigenvalue weighted by Crippen LogP contribution is -2.58. The van der Waals surface area contributed by atoms with Gasteiger partial charge in [-0.05, 0) is 52.5 Å². The van der Waals surface area contributed by atoms with Crippen LogP contribution in [0.5, 0.6) is 0 Å². The van der Waals surface area contributed by atoms with Crippen LogP contribution in [0.2, 0.25) is 0 Å². The minimum Gasteiger partial charge on any atom is -0.367 e. The highest BCUT2D eigenvalue weighted by molar-refractivity contribution is 5.81. The van der Waals surface area contributed by atoms with Crippen LogP contribution >= 0.6 is 0 Å². The minimum atomic E-state index is -0.322. The van der Waals surface area contributed by atoms with Gasteiger partial charge in [0, 0.05) is 5.56 Å². The number of hydroxylamine groups is 2. The number of piperidine rings is 1. The zero-order chi connectivity index (χ0) is 16.4. The molecule has 1 fully saturated rings. The first-order valence-corrected chi connectivity index (χ1v) is 7.80. The molecular formula is C18H25NO3. The van der Waals surface area contributed by atoms with E-state index in [1.165, 1.54) is 0 Å². The Labute approximate surface area is 132 Å². The summed E-state index contributed by atoms with van der Waals surface area (Å²) >= 11 is 0. The van der Waals surface area contributed by atoms with Gasteiger partial charge in [0.1, 0.15) is 6.29 Å². The molecule has 0 radical (unpaired) electrons. The Morgan fingerprint density at radius 2 is 1.77 bits per heavy atom. The van der Waals surface area contributed by atoms with E-state index in [0.717, 1.165) is 25.5 Å². The van der Waals surface area contributed by atoms with E-state index in [2.05, 4.69) is 27.7 Å². The molecule has 1 heterocycles. The Morgan fingerprint density at radius 3 is 2.36 bits per heavy atom. The van der Waals surface area contributed by atoms with E-state index in [4.69, 9.17) is 4.84 Å². The molecule has 0 spiro atoms. The molecule has 2 rings (SSSR count). The summed E-state index contributed by atoms with van der Waals surface area (Å²) in [6.07, 6.45) is 4.00. The van der Waals surface area contributed by atoms with E-state index in [-0.39, 0.29) is 23.5 Å². The van der Waals surface area contributed by atoms with Crippen LogP contribution in [0.15, 0.2) is 24.3 Å². The van der Waals surface area contributed by atoms with Gasteiger partial charge in [-0.1, -0.05) is 24.3 Å². The summed E-state index contributed by atoms with van der Waals surface area (Å²) in [5.74, 6) is -0.322. The number of benzene rings is 1. The van der Waals surface area contributed by atoms with E-state index in [0.29, 0.717) is 11.1 Å². The minimum absolute atomic E-state index is 0.109. The zero-order valence-electron chi connectivity index (χ0n) is 13.9. The molecule has 0 saturated carbocycles. The molecule has 120 valence electrons. The van der Waals surface area contributed by atoms with Crippen molar-refractivity contribution < 1.29 is 14.4 Å². The number of carbonyl (C=O) groups is 2. The maximum Gasteiger partial charge on any atom is 0.329 e. The average Bonchev–Trinajstić information content (AvgIpc) is 2.43. The molecule has 0 atom stereocenters. The third-order valence-corrected chi connectivity index (χ3v) is 4.39. The molecule has 0 unspecified atom stereocenters. The van der Waals surface area contributed by atoms with Gasteiger partial charge in [0.05, 0.1) is 17.5 Å². The summed E-state index contributed by atoms with van der Waals surface area (Å²) < 4.78 is 0. The van der Waals surface area contributed by atoms with Gasteiger partial charge in [0.15, 0.2) is 0 Å². The smallest absolute Gasteiger partial charge is 0.329 e. The fourth-order valence-corrected chi connectivity index (χ4v) is 3.32. The second kappa shape index (κ2) is 6.21. The lowest BCUT2D eigenvalue weighted by Gasteiger charge is -2.50. The summed E-state index contributed by atoms with van der Waals surface area (Å²) in [6, 6.07) is 7.11. The van der Waals surface area contributed by atoms with E-state index < -0.39 is 0 Å². The molecule has 4 heteroatoms. The van der Waals surface area contributed by atoms with Crippen LogP contribution < -0.4 is 0 Å². The van der Waals surface area contributed by atoms with Crippen molar-refractivity contribution in [1.29, 1.82) is 0 Å².